The molecule has 0 saturated carbocycles. The molecule has 1 heterocycles. The van der Waals surface area contributed by atoms with Crippen molar-refractivity contribution in [3.8, 4) is 17.2 Å². The SMILES string of the molecule is CCOC(=O)c1ccc(COc2ccc(/C=N/N[C@@H](O)COc3ccc([C@@H]4NC(=O)NC(C)=C4C(=O)OC)cc3OCC)cc2Br)cc1. The number of hydrazone groups is 1. The van der Waals surface area contributed by atoms with Crippen LogP contribution in [0, 0.1) is 0 Å². The van der Waals surface area contributed by atoms with Gasteiger partial charge in [-0.15, -0.1) is 0 Å². The number of urea groups is 1. The molecule has 1 aliphatic heterocycles. The largest absolute Gasteiger partial charge is 0.490 e. The van der Waals surface area contributed by atoms with Crippen molar-refractivity contribution in [2.75, 3.05) is 26.9 Å². The number of carbonyl (C=O) groups is 3. The molecule has 0 aliphatic carbocycles. The van der Waals surface area contributed by atoms with Gasteiger partial charge in [-0.3, -0.25) is 5.43 Å². The van der Waals surface area contributed by atoms with Gasteiger partial charge in [0.1, 0.15) is 19.0 Å². The first-order valence-corrected chi connectivity index (χ1v) is 15.8. The molecule has 0 radical (unpaired) electrons. The van der Waals surface area contributed by atoms with Crippen LogP contribution in [0.25, 0.3) is 0 Å². The smallest absolute Gasteiger partial charge is 0.338 e. The number of benzene rings is 3. The average Bonchev–Trinajstić information content (AvgIpc) is 3.07. The van der Waals surface area contributed by atoms with Crippen molar-refractivity contribution in [3.63, 3.8) is 0 Å². The average molecular weight is 726 g/mol. The van der Waals surface area contributed by atoms with Crippen LogP contribution in [-0.4, -0.2) is 62.4 Å². The van der Waals surface area contributed by atoms with Gasteiger partial charge in [-0.2, -0.15) is 5.10 Å². The molecular weight excluding hydrogens is 688 g/mol. The van der Waals surface area contributed by atoms with Crippen LogP contribution < -0.4 is 30.3 Å². The van der Waals surface area contributed by atoms with E-state index >= 15 is 0 Å². The molecular formula is C34H37BrN4O9. The van der Waals surface area contributed by atoms with Crippen LogP contribution in [0.5, 0.6) is 17.2 Å². The number of hydrogen-bond donors (Lipinski definition) is 4. The van der Waals surface area contributed by atoms with Crippen LogP contribution in [0.15, 0.2) is 81.5 Å². The highest BCUT2D eigenvalue weighted by Gasteiger charge is 2.32. The van der Waals surface area contributed by atoms with E-state index in [-0.39, 0.29) is 18.1 Å². The van der Waals surface area contributed by atoms with Crippen LogP contribution >= 0.6 is 15.9 Å². The molecule has 4 rings (SSSR count). The van der Waals surface area contributed by atoms with Crippen molar-refractivity contribution >= 4 is 40.1 Å². The van der Waals surface area contributed by atoms with Crippen LogP contribution in [0.3, 0.4) is 0 Å². The third-order valence-electron chi connectivity index (χ3n) is 6.92. The van der Waals surface area contributed by atoms with Crippen LogP contribution in [-0.2, 0) is 20.9 Å². The Kier molecular flexibility index (Phi) is 12.8. The van der Waals surface area contributed by atoms with Gasteiger partial charge in [0, 0.05) is 5.70 Å². The molecule has 3 aromatic rings. The van der Waals surface area contributed by atoms with Gasteiger partial charge in [-0.25, -0.2) is 14.4 Å². The van der Waals surface area contributed by atoms with Gasteiger partial charge in [0.25, 0.3) is 0 Å². The van der Waals surface area contributed by atoms with Gasteiger partial charge < -0.3 is 39.4 Å². The summed E-state index contributed by atoms with van der Waals surface area (Å²) in [7, 11) is 1.27. The molecule has 0 aromatic heterocycles. The van der Waals surface area contributed by atoms with E-state index in [1.807, 2.05) is 25.1 Å². The normalized spacial score (nSPS) is 14.9. The van der Waals surface area contributed by atoms with Crippen molar-refractivity contribution < 1.29 is 43.2 Å². The van der Waals surface area contributed by atoms with Crippen LogP contribution in [0.2, 0.25) is 0 Å². The third-order valence-corrected chi connectivity index (χ3v) is 7.54. The lowest BCUT2D eigenvalue weighted by Crippen LogP contribution is -2.45. The number of aliphatic hydroxyl groups is 1. The zero-order valence-corrected chi connectivity index (χ0v) is 28.5. The Labute approximate surface area is 286 Å². The number of allylic oxidation sites excluding steroid dienone is 1. The highest BCUT2D eigenvalue weighted by Crippen LogP contribution is 2.35. The minimum Gasteiger partial charge on any atom is -0.490 e. The lowest BCUT2D eigenvalue weighted by molar-refractivity contribution is -0.136. The summed E-state index contributed by atoms with van der Waals surface area (Å²) in [6.45, 7) is 5.97. The Morgan fingerprint density at radius 2 is 1.73 bits per heavy atom. The molecule has 2 amide bonds. The summed E-state index contributed by atoms with van der Waals surface area (Å²) in [4.78, 5) is 36.4. The highest BCUT2D eigenvalue weighted by molar-refractivity contribution is 9.10. The van der Waals surface area contributed by atoms with E-state index in [1.165, 1.54) is 13.3 Å². The number of aliphatic hydroxyl groups excluding tert-OH is 1. The maximum atomic E-state index is 12.5. The van der Waals surface area contributed by atoms with Crippen molar-refractivity contribution in [3.05, 3.63) is 98.7 Å². The minimum absolute atomic E-state index is 0.162. The zero-order chi connectivity index (χ0) is 34.6. The van der Waals surface area contributed by atoms with Crippen molar-refractivity contribution in [2.45, 2.75) is 39.6 Å². The first-order chi connectivity index (χ1) is 23.1. The Hall–Kier alpha value is -5.08. The number of amides is 2. The molecule has 4 N–H and O–H groups in total. The molecule has 0 unspecified atom stereocenters. The molecule has 0 spiro atoms. The lowest BCUT2D eigenvalue weighted by Gasteiger charge is -2.28. The number of hydrogen-bond acceptors (Lipinski definition) is 11. The second-order valence-electron chi connectivity index (χ2n) is 10.3. The molecule has 0 fully saturated rings. The molecule has 14 heteroatoms. The predicted molar refractivity (Wildman–Crippen MR) is 180 cm³/mol. The second kappa shape index (κ2) is 17.2. The second-order valence-corrected chi connectivity index (χ2v) is 11.2. The maximum Gasteiger partial charge on any atom is 0.338 e. The van der Waals surface area contributed by atoms with Gasteiger partial charge >= 0.3 is 18.0 Å². The number of ether oxygens (including phenoxy) is 5. The van der Waals surface area contributed by atoms with Crippen molar-refractivity contribution in [2.24, 2.45) is 5.10 Å². The number of carbonyl (C=O) groups excluding carboxylic acids is 3. The molecule has 3 aromatic carbocycles. The summed E-state index contributed by atoms with van der Waals surface area (Å²) < 4.78 is 28.1. The fraction of sp³-hybridized carbons (Fsp3) is 0.294. The molecule has 13 nitrogen and oxygen atoms in total. The van der Waals surface area contributed by atoms with Gasteiger partial charge in [0.05, 0.1) is 48.2 Å². The summed E-state index contributed by atoms with van der Waals surface area (Å²) in [5.74, 6) is 0.388. The summed E-state index contributed by atoms with van der Waals surface area (Å²) in [5.41, 5.74) is 5.96. The summed E-state index contributed by atoms with van der Waals surface area (Å²) >= 11 is 3.51. The number of esters is 2. The Morgan fingerprint density at radius 3 is 2.42 bits per heavy atom. The van der Waals surface area contributed by atoms with Crippen LogP contribution in [0.1, 0.15) is 53.9 Å². The Bertz CT molecular complexity index is 1680. The minimum atomic E-state index is -1.16. The summed E-state index contributed by atoms with van der Waals surface area (Å²) in [6, 6.07) is 16.2. The van der Waals surface area contributed by atoms with Crippen LogP contribution in [0.4, 0.5) is 4.79 Å². The Balaban J connectivity index is 1.31. The van der Waals surface area contributed by atoms with E-state index < -0.39 is 24.3 Å². The molecule has 0 saturated heterocycles. The number of halogens is 1. The third kappa shape index (κ3) is 9.48. The number of nitrogens with zero attached hydrogens (tertiary/aromatic N) is 1. The Morgan fingerprint density at radius 1 is 0.979 bits per heavy atom. The van der Waals surface area contributed by atoms with Gasteiger partial charge in [0.2, 0.25) is 0 Å². The van der Waals surface area contributed by atoms with E-state index in [0.29, 0.717) is 58.4 Å². The maximum absolute atomic E-state index is 12.5. The summed E-state index contributed by atoms with van der Waals surface area (Å²) in [5, 5.41) is 19.9. The number of nitrogens with one attached hydrogen (secondary N) is 3. The predicted octanol–water partition coefficient (Wildman–Crippen LogP) is 4.73. The van der Waals surface area contributed by atoms with E-state index in [2.05, 4.69) is 37.1 Å². The molecule has 1 aliphatic rings. The van der Waals surface area contributed by atoms with Gasteiger partial charge in [-0.1, -0.05) is 18.2 Å². The van der Waals surface area contributed by atoms with Gasteiger partial charge in [-0.05, 0) is 95.9 Å². The fourth-order valence-electron chi connectivity index (χ4n) is 4.65. The molecule has 48 heavy (non-hydrogen) atoms. The molecule has 254 valence electrons. The monoisotopic (exact) mass is 724 g/mol. The first-order valence-electron chi connectivity index (χ1n) is 15.0. The number of rotatable bonds is 15. The first kappa shape index (κ1) is 35.8. The quantitative estimate of drug-likeness (QED) is 0.0746. The van der Waals surface area contributed by atoms with E-state index in [4.69, 9.17) is 23.7 Å². The lowest BCUT2D eigenvalue weighted by atomic mass is 9.95. The fourth-order valence-corrected chi connectivity index (χ4v) is 5.16. The van der Waals surface area contributed by atoms with Crippen molar-refractivity contribution in [1.82, 2.24) is 16.1 Å². The number of methoxy groups -OCH3 is 1. The molecule has 2 atom stereocenters. The highest BCUT2D eigenvalue weighted by atomic mass is 79.9. The van der Waals surface area contributed by atoms with Crippen molar-refractivity contribution in [1.29, 1.82) is 0 Å². The summed E-state index contributed by atoms with van der Waals surface area (Å²) in [6.07, 6.45) is 0.380. The standard InChI is InChI=1S/C34H37BrN4O9/c1-5-45-28-16-24(31-30(33(42)44-4)20(3)37-34(43)38-31)12-14-27(28)48-19-29(40)39-36-17-22-9-13-26(25(35)15-22)47-18-21-7-10-23(11-8-21)32(41)46-6-2/h7-17,29,31,39-40H,5-6,18-19H2,1-4H3,(H2,37,38,43)/b36-17+/t29-,31-/m0/s1. The van der Waals surface area contributed by atoms with E-state index in [9.17, 15) is 19.5 Å². The van der Waals surface area contributed by atoms with E-state index in [1.54, 1.807) is 56.3 Å². The zero-order valence-electron chi connectivity index (χ0n) is 26.9. The van der Waals surface area contributed by atoms with E-state index in [0.717, 1.165) is 11.1 Å². The van der Waals surface area contributed by atoms with Gasteiger partial charge in [0.15, 0.2) is 17.7 Å². The topological polar surface area (TPSA) is 166 Å². The molecule has 0 bridgehead atoms.